The number of urea groups is 1. The number of rotatable bonds is 5. The van der Waals surface area contributed by atoms with Crippen LogP contribution < -0.4 is 14.8 Å². The average molecular weight is 292 g/mol. The summed E-state index contributed by atoms with van der Waals surface area (Å²) in [6.45, 7) is 4.03. The Morgan fingerprint density at radius 2 is 1.86 bits per heavy atom. The summed E-state index contributed by atoms with van der Waals surface area (Å²) in [6, 6.07) is 4.84. The highest BCUT2D eigenvalue weighted by atomic mass is 16.5. The maximum Gasteiger partial charge on any atom is 0.325 e. The van der Waals surface area contributed by atoms with Crippen LogP contribution in [0.4, 0.5) is 4.79 Å². The Hall–Kier alpha value is -2.24. The molecule has 0 saturated carbocycles. The highest BCUT2D eigenvalue weighted by molar-refractivity contribution is 6.07. The van der Waals surface area contributed by atoms with Crippen molar-refractivity contribution in [2.45, 2.75) is 25.8 Å². The second-order valence-electron chi connectivity index (χ2n) is 5.08. The number of benzene rings is 1. The topological polar surface area (TPSA) is 67.9 Å². The van der Waals surface area contributed by atoms with E-state index < -0.39 is 5.54 Å². The minimum absolute atomic E-state index is 0.249. The van der Waals surface area contributed by atoms with Crippen molar-refractivity contribution in [2.24, 2.45) is 0 Å². The third-order valence-electron chi connectivity index (χ3n) is 3.68. The molecule has 0 aliphatic carbocycles. The maximum absolute atomic E-state index is 12.6. The normalized spacial score (nSPS) is 21.4. The highest BCUT2D eigenvalue weighted by Crippen LogP contribution is 2.35. The Kier molecular flexibility index (Phi) is 4.06. The van der Waals surface area contributed by atoms with E-state index >= 15 is 0 Å². The molecule has 1 heterocycles. The monoisotopic (exact) mass is 292 g/mol. The Balaban J connectivity index is 2.41. The standard InChI is InChI=1S/C15H20N2O4/c1-5-8-17-13(18)15(2,16-14(17)19)10-6-7-11(20-3)12(9-10)21-4/h6-7,9H,5,8H2,1-4H3,(H,16,19). The van der Waals surface area contributed by atoms with Gasteiger partial charge < -0.3 is 14.8 Å². The maximum atomic E-state index is 12.6. The minimum Gasteiger partial charge on any atom is -0.493 e. The molecule has 6 nitrogen and oxygen atoms in total. The lowest BCUT2D eigenvalue weighted by Gasteiger charge is -2.23. The first-order chi connectivity index (χ1) is 9.97. The molecule has 3 amide bonds. The summed E-state index contributed by atoms with van der Waals surface area (Å²) >= 11 is 0. The molecule has 1 aliphatic rings. The molecule has 1 aromatic carbocycles. The number of hydrogen-bond donors (Lipinski definition) is 1. The van der Waals surface area contributed by atoms with Crippen LogP contribution in [0.3, 0.4) is 0 Å². The first-order valence-electron chi connectivity index (χ1n) is 6.84. The molecule has 1 aliphatic heterocycles. The zero-order valence-corrected chi connectivity index (χ0v) is 12.7. The van der Waals surface area contributed by atoms with Gasteiger partial charge in [-0.3, -0.25) is 9.69 Å². The van der Waals surface area contributed by atoms with Gasteiger partial charge in [0.15, 0.2) is 11.5 Å². The van der Waals surface area contributed by atoms with Gasteiger partial charge in [-0.1, -0.05) is 13.0 Å². The molecule has 1 saturated heterocycles. The predicted molar refractivity (Wildman–Crippen MR) is 77.4 cm³/mol. The SMILES string of the molecule is CCCN1C(=O)NC(C)(c2ccc(OC)c(OC)c2)C1=O. The molecule has 0 radical (unpaired) electrons. The average Bonchev–Trinajstić information content (AvgIpc) is 2.71. The molecule has 1 aromatic rings. The molecule has 1 N–H and O–H groups in total. The largest absolute Gasteiger partial charge is 0.493 e. The number of nitrogens with one attached hydrogen (secondary N) is 1. The van der Waals surface area contributed by atoms with Gasteiger partial charge in [0, 0.05) is 6.54 Å². The van der Waals surface area contributed by atoms with Gasteiger partial charge in [-0.15, -0.1) is 0 Å². The van der Waals surface area contributed by atoms with Crippen LogP contribution in [0.15, 0.2) is 18.2 Å². The van der Waals surface area contributed by atoms with Gasteiger partial charge in [0.1, 0.15) is 5.54 Å². The van der Waals surface area contributed by atoms with Crippen molar-refractivity contribution in [1.29, 1.82) is 0 Å². The van der Waals surface area contributed by atoms with Crippen LogP contribution in [-0.4, -0.2) is 37.6 Å². The molecule has 1 fully saturated rings. The number of imide groups is 1. The molecule has 0 spiro atoms. The van der Waals surface area contributed by atoms with Crippen LogP contribution in [0, 0.1) is 0 Å². The summed E-state index contributed by atoms with van der Waals surface area (Å²) in [5.41, 5.74) is -0.414. The molecule has 21 heavy (non-hydrogen) atoms. The molecule has 114 valence electrons. The van der Waals surface area contributed by atoms with Crippen LogP contribution in [-0.2, 0) is 10.3 Å². The summed E-state index contributed by atoms with van der Waals surface area (Å²) in [5.74, 6) is 0.848. The smallest absolute Gasteiger partial charge is 0.325 e. The number of amides is 3. The second kappa shape index (κ2) is 5.63. The van der Waals surface area contributed by atoms with Gasteiger partial charge in [0.05, 0.1) is 14.2 Å². The van der Waals surface area contributed by atoms with Crippen LogP contribution in [0.1, 0.15) is 25.8 Å². The third-order valence-corrected chi connectivity index (χ3v) is 3.68. The number of methoxy groups -OCH3 is 2. The Labute approximate surface area is 124 Å². The molecule has 1 unspecified atom stereocenters. The van der Waals surface area contributed by atoms with Crippen LogP contribution in [0.25, 0.3) is 0 Å². The summed E-state index contributed by atoms with van der Waals surface area (Å²) in [6.07, 6.45) is 0.723. The number of nitrogens with zero attached hydrogens (tertiary/aromatic N) is 1. The zero-order chi connectivity index (χ0) is 15.6. The van der Waals surface area contributed by atoms with E-state index in [1.165, 1.54) is 12.0 Å². The van der Waals surface area contributed by atoms with E-state index in [1.807, 2.05) is 6.92 Å². The van der Waals surface area contributed by atoms with Crippen molar-refractivity contribution < 1.29 is 19.1 Å². The predicted octanol–water partition coefficient (Wildman–Crippen LogP) is 1.88. The van der Waals surface area contributed by atoms with Crippen molar-refractivity contribution in [3.8, 4) is 11.5 Å². The van der Waals surface area contributed by atoms with Crippen molar-refractivity contribution >= 4 is 11.9 Å². The van der Waals surface area contributed by atoms with Crippen LogP contribution in [0.5, 0.6) is 11.5 Å². The quantitative estimate of drug-likeness (QED) is 0.841. The minimum atomic E-state index is -1.08. The number of carbonyl (C=O) groups excluding carboxylic acids is 2. The van der Waals surface area contributed by atoms with Gasteiger partial charge in [-0.2, -0.15) is 0 Å². The summed E-state index contributed by atoms with van der Waals surface area (Å²) < 4.78 is 10.4. The molecule has 2 rings (SSSR count). The Bertz CT molecular complexity index is 573. The van der Waals surface area contributed by atoms with Gasteiger partial charge in [-0.05, 0) is 31.0 Å². The van der Waals surface area contributed by atoms with E-state index in [0.717, 1.165) is 6.42 Å². The van der Waals surface area contributed by atoms with Crippen LogP contribution in [0.2, 0.25) is 0 Å². The number of carbonyl (C=O) groups is 2. The fraction of sp³-hybridized carbons (Fsp3) is 0.467. The van der Waals surface area contributed by atoms with Crippen molar-refractivity contribution in [1.82, 2.24) is 10.2 Å². The van der Waals surface area contributed by atoms with Crippen molar-refractivity contribution in [3.63, 3.8) is 0 Å². The first kappa shape index (κ1) is 15.2. The number of ether oxygens (including phenoxy) is 2. The third kappa shape index (κ3) is 2.41. The molecular formula is C15H20N2O4. The van der Waals surface area contributed by atoms with Crippen molar-refractivity contribution in [2.75, 3.05) is 20.8 Å². The fourth-order valence-corrected chi connectivity index (χ4v) is 2.47. The van der Waals surface area contributed by atoms with Gasteiger partial charge in [0.25, 0.3) is 5.91 Å². The Morgan fingerprint density at radius 1 is 1.19 bits per heavy atom. The van der Waals surface area contributed by atoms with E-state index in [2.05, 4.69) is 5.32 Å². The van der Waals surface area contributed by atoms with Gasteiger partial charge in [-0.25, -0.2) is 4.79 Å². The van der Waals surface area contributed by atoms with Gasteiger partial charge in [0.2, 0.25) is 0 Å². The molecule has 1 atom stereocenters. The van der Waals surface area contributed by atoms with Gasteiger partial charge >= 0.3 is 6.03 Å². The zero-order valence-electron chi connectivity index (χ0n) is 12.7. The number of hydrogen-bond acceptors (Lipinski definition) is 4. The lowest BCUT2D eigenvalue weighted by molar-refractivity contribution is -0.131. The molecule has 6 heteroatoms. The van der Waals surface area contributed by atoms with Crippen molar-refractivity contribution in [3.05, 3.63) is 23.8 Å². The lowest BCUT2D eigenvalue weighted by Crippen LogP contribution is -2.41. The first-order valence-corrected chi connectivity index (χ1v) is 6.84. The van der Waals surface area contributed by atoms with E-state index in [9.17, 15) is 9.59 Å². The lowest BCUT2D eigenvalue weighted by atomic mass is 9.91. The summed E-state index contributed by atoms with van der Waals surface area (Å²) in [4.78, 5) is 25.8. The molecule has 0 bridgehead atoms. The summed E-state index contributed by atoms with van der Waals surface area (Å²) in [5, 5.41) is 2.76. The van der Waals surface area contributed by atoms with E-state index in [1.54, 1.807) is 32.2 Å². The Morgan fingerprint density at radius 3 is 2.43 bits per heavy atom. The molecular weight excluding hydrogens is 272 g/mol. The second-order valence-corrected chi connectivity index (χ2v) is 5.08. The highest BCUT2D eigenvalue weighted by Gasteiger charge is 2.48. The van der Waals surface area contributed by atoms with Crippen LogP contribution >= 0.6 is 0 Å². The fourth-order valence-electron chi connectivity index (χ4n) is 2.47. The van der Waals surface area contributed by atoms with E-state index in [-0.39, 0.29) is 11.9 Å². The van der Waals surface area contributed by atoms with E-state index in [4.69, 9.17) is 9.47 Å². The van der Waals surface area contributed by atoms with E-state index in [0.29, 0.717) is 23.6 Å². The summed E-state index contributed by atoms with van der Waals surface area (Å²) in [7, 11) is 3.08. The molecule has 0 aromatic heterocycles.